The molecule has 0 saturated carbocycles. The van der Waals surface area contributed by atoms with Crippen LogP contribution < -0.4 is 10.1 Å². The van der Waals surface area contributed by atoms with Crippen LogP contribution in [0.5, 0.6) is 5.75 Å². The molecular formula is C24H29N3O3S. The van der Waals surface area contributed by atoms with Crippen molar-refractivity contribution in [3.8, 4) is 27.7 Å². The van der Waals surface area contributed by atoms with Gasteiger partial charge in [-0.2, -0.15) is 0 Å². The number of hydrogen-bond acceptors (Lipinski definition) is 5. The minimum Gasteiger partial charge on any atom is -0.497 e. The summed E-state index contributed by atoms with van der Waals surface area (Å²) in [5.74, 6) is 0.774. The molecule has 164 valence electrons. The molecule has 0 bridgehead atoms. The number of aromatic nitrogens is 2. The standard InChI is InChI=1S/C24H29N3O3S/c1-5-15(2)25-23(28)19-13-21(27(16(19)3)22-7-6-12-30-22)20-14-31-24(26-20)17-8-10-18(29-4)11-9-17/h8-11,13-15,22H,5-7,12H2,1-4H3,(H,25,28). The Hall–Kier alpha value is -2.64. The largest absolute Gasteiger partial charge is 0.497 e. The van der Waals surface area contributed by atoms with E-state index in [9.17, 15) is 4.79 Å². The third-order valence-electron chi connectivity index (χ3n) is 5.82. The maximum Gasteiger partial charge on any atom is 0.253 e. The molecule has 0 spiro atoms. The molecule has 3 aromatic rings. The van der Waals surface area contributed by atoms with Crippen molar-refractivity contribution in [3.63, 3.8) is 0 Å². The average Bonchev–Trinajstić information content (AvgIpc) is 3.53. The van der Waals surface area contributed by atoms with E-state index < -0.39 is 0 Å². The quantitative estimate of drug-likeness (QED) is 0.533. The lowest BCUT2D eigenvalue weighted by molar-refractivity contribution is 0.0565. The molecule has 2 aromatic heterocycles. The summed E-state index contributed by atoms with van der Waals surface area (Å²) >= 11 is 1.59. The van der Waals surface area contributed by atoms with E-state index in [0.29, 0.717) is 5.56 Å². The van der Waals surface area contributed by atoms with E-state index >= 15 is 0 Å². The number of carbonyl (C=O) groups excluding carboxylic acids is 1. The van der Waals surface area contributed by atoms with Gasteiger partial charge in [-0.05, 0) is 63.4 Å². The number of rotatable bonds is 7. The Morgan fingerprint density at radius 3 is 2.81 bits per heavy atom. The lowest BCUT2D eigenvalue weighted by Crippen LogP contribution is -2.32. The first-order valence-electron chi connectivity index (χ1n) is 10.8. The summed E-state index contributed by atoms with van der Waals surface area (Å²) in [7, 11) is 1.66. The zero-order valence-electron chi connectivity index (χ0n) is 18.5. The Labute approximate surface area is 187 Å². The molecule has 1 aromatic carbocycles. The molecule has 6 nitrogen and oxygen atoms in total. The van der Waals surface area contributed by atoms with Gasteiger partial charge in [-0.15, -0.1) is 11.3 Å². The molecule has 1 N–H and O–H groups in total. The van der Waals surface area contributed by atoms with Crippen molar-refractivity contribution in [3.05, 3.63) is 47.0 Å². The minimum atomic E-state index is -0.0636. The predicted octanol–water partition coefficient (Wildman–Crippen LogP) is 5.43. The molecule has 4 rings (SSSR count). The SMILES string of the molecule is CCC(C)NC(=O)c1cc(-c2csc(-c3ccc(OC)cc3)n2)n(C2CCCO2)c1C. The number of nitrogens with one attached hydrogen (secondary N) is 1. The fourth-order valence-corrected chi connectivity index (χ4v) is 4.66. The third-order valence-corrected chi connectivity index (χ3v) is 6.71. The summed E-state index contributed by atoms with van der Waals surface area (Å²) < 4.78 is 13.4. The molecule has 0 aliphatic carbocycles. The number of nitrogens with zero attached hydrogens (tertiary/aromatic N) is 2. The third kappa shape index (κ3) is 4.38. The van der Waals surface area contributed by atoms with Crippen molar-refractivity contribution in [2.75, 3.05) is 13.7 Å². The van der Waals surface area contributed by atoms with Crippen LogP contribution in [0.1, 0.15) is 55.4 Å². The zero-order chi connectivity index (χ0) is 22.0. The Morgan fingerprint density at radius 1 is 1.39 bits per heavy atom. The van der Waals surface area contributed by atoms with Gasteiger partial charge >= 0.3 is 0 Å². The molecule has 1 fully saturated rings. The number of benzene rings is 1. The highest BCUT2D eigenvalue weighted by atomic mass is 32.1. The van der Waals surface area contributed by atoms with Crippen molar-refractivity contribution >= 4 is 17.2 Å². The number of thiazole rings is 1. The molecule has 0 radical (unpaired) electrons. The van der Waals surface area contributed by atoms with Gasteiger partial charge in [-0.25, -0.2) is 4.98 Å². The molecule has 1 saturated heterocycles. The highest BCUT2D eigenvalue weighted by molar-refractivity contribution is 7.13. The van der Waals surface area contributed by atoms with Gasteiger partial charge in [0.2, 0.25) is 0 Å². The van der Waals surface area contributed by atoms with Gasteiger partial charge in [-0.1, -0.05) is 6.92 Å². The molecule has 1 aliphatic rings. The number of ether oxygens (including phenoxy) is 2. The van der Waals surface area contributed by atoms with Gasteiger partial charge in [0.1, 0.15) is 17.0 Å². The monoisotopic (exact) mass is 439 g/mol. The molecular weight excluding hydrogens is 410 g/mol. The van der Waals surface area contributed by atoms with Crippen molar-refractivity contribution in [2.45, 2.75) is 52.3 Å². The fourth-order valence-electron chi connectivity index (χ4n) is 3.84. The Bertz CT molecular complexity index is 1050. The fraction of sp³-hybridized carbons (Fsp3) is 0.417. The highest BCUT2D eigenvalue weighted by Gasteiger charge is 2.27. The van der Waals surface area contributed by atoms with Crippen LogP contribution in [0.25, 0.3) is 22.0 Å². The van der Waals surface area contributed by atoms with E-state index in [4.69, 9.17) is 14.5 Å². The van der Waals surface area contributed by atoms with E-state index in [1.54, 1.807) is 18.4 Å². The summed E-state index contributed by atoms with van der Waals surface area (Å²) in [5.41, 5.74) is 4.43. The summed E-state index contributed by atoms with van der Waals surface area (Å²) in [5, 5.41) is 6.07. The zero-order valence-corrected chi connectivity index (χ0v) is 19.3. The van der Waals surface area contributed by atoms with Gasteiger partial charge in [0, 0.05) is 29.3 Å². The summed E-state index contributed by atoms with van der Waals surface area (Å²) in [6, 6.07) is 9.98. The van der Waals surface area contributed by atoms with Crippen molar-refractivity contribution in [1.82, 2.24) is 14.9 Å². The Morgan fingerprint density at radius 2 is 2.16 bits per heavy atom. The topological polar surface area (TPSA) is 65.4 Å². The first-order valence-corrected chi connectivity index (χ1v) is 11.6. The molecule has 7 heteroatoms. The van der Waals surface area contributed by atoms with Gasteiger partial charge in [0.15, 0.2) is 0 Å². The van der Waals surface area contributed by atoms with Gasteiger partial charge in [0.25, 0.3) is 5.91 Å². The van der Waals surface area contributed by atoms with Crippen LogP contribution in [-0.2, 0) is 4.74 Å². The van der Waals surface area contributed by atoms with E-state index in [1.165, 1.54) is 0 Å². The van der Waals surface area contributed by atoms with Gasteiger partial charge in [0.05, 0.1) is 24.1 Å². The van der Waals surface area contributed by atoms with Crippen molar-refractivity contribution in [2.24, 2.45) is 0 Å². The number of amides is 1. The predicted molar refractivity (Wildman–Crippen MR) is 124 cm³/mol. The van der Waals surface area contributed by atoms with Gasteiger partial charge < -0.3 is 19.4 Å². The van der Waals surface area contributed by atoms with Crippen molar-refractivity contribution in [1.29, 1.82) is 0 Å². The minimum absolute atomic E-state index is 0.0459. The Kier molecular flexibility index (Phi) is 6.43. The van der Waals surface area contributed by atoms with Crippen LogP contribution in [0, 0.1) is 6.92 Å². The summed E-state index contributed by atoms with van der Waals surface area (Å²) in [6.07, 6.45) is 2.78. The van der Waals surface area contributed by atoms with Crippen LogP contribution in [-0.4, -0.2) is 35.2 Å². The van der Waals surface area contributed by atoms with Gasteiger partial charge in [-0.3, -0.25) is 4.79 Å². The lowest BCUT2D eigenvalue weighted by Gasteiger charge is -2.18. The second kappa shape index (κ2) is 9.24. The summed E-state index contributed by atoms with van der Waals surface area (Å²) in [4.78, 5) is 17.8. The lowest BCUT2D eigenvalue weighted by atomic mass is 10.2. The average molecular weight is 440 g/mol. The number of methoxy groups -OCH3 is 1. The molecule has 2 unspecified atom stereocenters. The molecule has 1 aliphatic heterocycles. The van der Waals surface area contributed by atoms with Crippen LogP contribution in [0.3, 0.4) is 0 Å². The van der Waals surface area contributed by atoms with Crippen LogP contribution in [0.15, 0.2) is 35.7 Å². The Balaban J connectivity index is 1.72. The molecule has 3 heterocycles. The summed E-state index contributed by atoms with van der Waals surface area (Å²) in [6.45, 7) is 6.82. The van der Waals surface area contributed by atoms with Crippen LogP contribution in [0.4, 0.5) is 0 Å². The second-order valence-electron chi connectivity index (χ2n) is 7.92. The molecule has 31 heavy (non-hydrogen) atoms. The normalized spacial score (nSPS) is 17.0. The van der Waals surface area contributed by atoms with E-state index in [1.807, 2.05) is 44.2 Å². The maximum absolute atomic E-state index is 12.9. The maximum atomic E-state index is 12.9. The van der Waals surface area contributed by atoms with E-state index in [0.717, 1.165) is 59.3 Å². The number of carbonyl (C=O) groups is 1. The van der Waals surface area contributed by atoms with Crippen LogP contribution in [0.2, 0.25) is 0 Å². The van der Waals surface area contributed by atoms with E-state index in [-0.39, 0.29) is 18.2 Å². The second-order valence-corrected chi connectivity index (χ2v) is 8.77. The smallest absolute Gasteiger partial charge is 0.253 e. The first kappa shape index (κ1) is 21.6. The highest BCUT2D eigenvalue weighted by Crippen LogP contribution is 2.36. The first-order chi connectivity index (χ1) is 15.0. The molecule has 2 atom stereocenters. The van der Waals surface area contributed by atoms with Crippen molar-refractivity contribution < 1.29 is 14.3 Å². The number of hydrogen-bond donors (Lipinski definition) is 1. The van der Waals surface area contributed by atoms with Crippen LogP contribution >= 0.6 is 11.3 Å². The molecule has 1 amide bonds. The van der Waals surface area contributed by atoms with E-state index in [2.05, 4.69) is 22.2 Å².